The van der Waals surface area contributed by atoms with E-state index in [9.17, 15) is 9.59 Å². The Kier molecular flexibility index (Phi) is 7.11. The number of rotatable bonds is 7. The number of nitrogens with zero attached hydrogens (tertiary/aromatic N) is 1. The Labute approximate surface area is 159 Å². The van der Waals surface area contributed by atoms with Crippen molar-refractivity contribution in [3.05, 3.63) is 59.2 Å². The number of carbonyl (C=O) groups excluding carboxylic acids is 2. The Morgan fingerprint density at radius 1 is 1.00 bits per heavy atom. The van der Waals surface area contributed by atoms with E-state index in [1.165, 1.54) is 0 Å². The van der Waals surface area contributed by atoms with Gasteiger partial charge in [-0.3, -0.25) is 9.59 Å². The van der Waals surface area contributed by atoms with Crippen molar-refractivity contribution in [2.24, 2.45) is 5.10 Å². The molecule has 0 aliphatic carbocycles. The minimum absolute atomic E-state index is 0.0656. The van der Waals surface area contributed by atoms with Crippen molar-refractivity contribution in [2.75, 3.05) is 12.4 Å². The number of anilines is 1. The second kappa shape index (κ2) is 9.52. The first-order chi connectivity index (χ1) is 12.9. The summed E-state index contributed by atoms with van der Waals surface area (Å²) >= 11 is 0. The summed E-state index contributed by atoms with van der Waals surface area (Å²) in [5, 5.41) is 6.91. The Morgan fingerprint density at radius 3 is 2.30 bits per heavy atom. The summed E-state index contributed by atoms with van der Waals surface area (Å²) < 4.78 is 5.11. The van der Waals surface area contributed by atoms with Crippen molar-refractivity contribution in [1.29, 1.82) is 0 Å². The molecular formula is C21H25N3O3. The predicted octanol–water partition coefficient (Wildman–Crippen LogP) is 3.57. The van der Waals surface area contributed by atoms with E-state index >= 15 is 0 Å². The predicted molar refractivity (Wildman–Crippen MR) is 107 cm³/mol. The van der Waals surface area contributed by atoms with E-state index in [2.05, 4.69) is 15.8 Å². The minimum atomic E-state index is -0.307. The van der Waals surface area contributed by atoms with Crippen molar-refractivity contribution in [3.63, 3.8) is 0 Å². The second-order valence-corrected chi connectivity index (χ2v) is 6.33. The molecule has 0 heterocycles. The summed E-state index contributed by atoms with van der Waals surface area (Å²) in [6.07, 6.45) is 0.159. The van der Waals surface area contributed by atoms with Gasteiger partial charge in [-0.2, -0.15) is 5.10 Å². The second-order valence-electron chi connectivity index (χ2n) is 6.33. The monoisotopic (exact) mass is 367 g/mol. The first kappa shape index (κ1) is 20.2. The number of hydrazone groups is 1. The standard InChI is InChI=1S/C21H25N3O3/c1-14-5-10-19(15(2)13-14)22-20(25)11-12-21(26)24-23-16(3)17-6-8-18(27-4)9-7-17/h5-10,13H,11-12H2,1-4H3,(H,22,25)(H,24,26). The van der Waals surface area contributed by atoms with E-state index in [0.29, 0.717) is 5.71 Å². The SMILES string of the molecule is COc1ccc(C(C)=NNC(=O)CCC(=O)Nc2ccc(C)cc2C)cc1. The van der Waals surface area contributed by atoms with Gasteiger partial charge in [-0.1, -0.05) is 17.7 Å². The zero-order valence-electron chi connectivity index (χ0n) is 16.1. The van der Waals surface area contributed by atoms with Gasteiger partial charge in [-0.25, -0.2) is 5.43 Å². The summed E-state index contributed by atoms with van der Waals surface area (Å²) in [5.74, 6) is 0.247. The Hall–Kier alpha value is -3.15. The molecule has 0 unspecified atom stereocenters. The summed E-state index contributed by atoms with van der Waals surface area (Å²) in [5.41, 5.74) is 6.93. The van der Waals surface area contributed by atoms with Crippen molar-refractivity contribution in [3.8, 4) is 5.75 Å². The van der Waals surface area contributed by atoms with Gasteiger partial charge < -0.3 is 10.1 Å². The van der Waals surface area contributed by atoms with E-state index < -0.39 is 0 Å². The molecule has 2 aromatic carbocycles. The number of carbonyl (C=O) groups is 2. The van der Waals surface area contributed by atoms with E-state index in [1.54, 1.807) is 14.0 Å². The first-order valence-electron chi connectivity index (χ1n) is 8.73. The van der Waals surface area contributed by atoms with Crippen LogP contribution < -0.4 is 15.5 Å². The lowest BCUT2D eigenvalue weighted by atomic mass is 10.1. The summed E-state index contributed by atoms with van der Waals surface area (Å²) in [6.45, 7) is 5.73. The molecule has 0 atom stereocenters. The fraction of sp³-hybridized carbons (Fsp3) is 0.286. The molecule has 0 aliphatic heterocycles. The average Bonchev–Trinajstić information content (AvgIpc) is 2.66. The van der Waals surface area contributed by atoms with Gasteiger partial charge >= 0.3 is 0 Å². The number of hydrogen-bond donors (Lipinski definition) is 2. The van der Waals surface area contributed by atoms with Crippen molar-refractivity contribution < 1.29 is 14.3 Å². The van der Waals surface area contributed by atoms with Crippen LogP contribution in [0, 0.1) is 13.8 Å². The maximum Gasteiger partial charge on any atom is 0.240 e. The first-order valence-corrected chi connectivity index (χ1v) is 8.73. The molecule has 2 rings (SSSR count). The Morgan fingerprint density at radius 2 is 1.67 bits per heavy atom. The average molecular weight is 367 g/mol. The molecule has 0 radical (unpaired) electrons. The third-order valence-corrected chi connectivity index (χ3v) is 4.09. The van der Waals surface area contributed by atoms with Crippen LogP contribution in [0.25, 0.3) is 0 Å². The number of nitrogens with one attached hydrogen (secondary N) is 2. The zero-order valence-corrected chi connectivity index (χ0v) is 16.1. The van der Waals surface area contributed by atoms with Crippen LogP contribution >= 0.6 is 0 Å². The van der Waals surface area contributed by atoms with Crippen molar-refractivity contribution in [1.82, 2.24) is 5.43 Å². The molecule has 0 bridgehead atoms. The highest BCUT2D eigenvalue weighted by molar-refractivity contribution is 5.99. The molecule has 142 valence electrons. The topological polar surface area (TPSA) is 79.8 Å². The van der Waals surface area contributed by atoms with Crippen LogP contribution in [0.15, 0.2) is 47.6 Å². The molecule has 6 heteroatoms. The van der Waals surface area contributed by atoms with Gasteiger partial charge in [0.05, 0.1) is 12.8 Å². The van der Waals surface area contributed by atoms with Gasteiger partial charge in [0.1, 0.15) is 5.75 Å². The molecule has 0 spiro atoms. The Balaban J connectivity index is 1.81. The number of methoxy groups -OCH3 is 1. The van der Waals surface area contributed by atoms with E-state index in [-0.39, 0.29) is 24.7 Å². The van der Waals surface area contributed by atoms with Gasteiger partial charge in [0.25, 0.3) is 0 Å². The van der Waals surface area contributed by atoms with Crippen LogP contribution in [-0.4, -0.2) is 24.6 Å². The lowest BCUT2D eigenvalue weighted by molar-refractivity contribution is -0.124. The third kappa shape index (κ3) is 6.26. The number of hydrogen-bond acceptors (Lipinski definition) is 4. The summed E-state index contributed by atoms with van der Waals surface area (Å²) in [4.78, 5) is 24.0. The zero-order chi connectivity index (χ0) is 19.8. The number of benzene rings is 2. The number of aryl methyl sites for hydroxylation is 2. The van der Waals surface area contributed by atoms with E-state index in [1.807, 2.05) is 56.3 Å². The van der Waals surface area contributed by atoms with Gasteiger partial charge in [-0.15, -0.1) is 0 Å². The van der Waals surface area contributed by atoms with Crippen molar-refractivity contribution >= 4 is 23.2 Å². The maximum absolute atomic E-state index is 12.0. The highest BCUT2D eigenvalue weighted by Crippen LogP contribution is 2.16. The van der Waals surface area contributed by atoms with Crippen LogP contribution in [0.3, 0.4) is 0 Å². The molecule has 27 heavy (non-hydrogen) atoms. The minimum Gasteiger partial charge on any atom is -0.497 e. The molecule has 2 amide bonds. The smallest absolute Gasteiger partial charge is 0.240 e. The molecular weight excluding hydrogens is 342 g/mol. The van der Waals surface area contributed by atoms with E-state index in [4.69, 9.17) is 4.74 Å². The molecule has 0 saturated carbocycles. The van der Waals surface area contributed by atoms with E-state index in [0.717, 1.165) is 28.1 Å². The quantitative estimate of drug-likeness (QED) is 0.580. The van der Waals surface area contributed by atoms with Crippen LogP contribution in [0.5, 0.6) is 5.75 Å². The molecule has 2 aromatic rings. The number of amides is 2. The highest BCUT2D eigenvalue weighted by atomic mass is 16.5. The maximum atomic E-state index is 12.0. The van der Waals surface area contributed by atoms with Gasteiger partial charge in [0.15, 0.2) is 0 Å². The normalized spacial score (nSPS) is 11.0. The molecule has 2 N–H and O–H groups in total. The van der Waals surface area contributed by atoms with Gasteiger partial charge in [0.2, 0.25) is 11.8 Å². The molecule has 0 saturated heterocycles. The molecule has 0 fully saturated rings. The van der Waals surface area contributed by atoms with Crippen LogP contribution in [0.1, 0.15) is 36.5 Å². The van der Waals surface area contributed by atoms with Gasteiger partial charge in [0, 0.05) is 18.5 Å². The molecule has 6 nitrogen and oxygen atoms in total. The lowest BCUT2D eigenvalue weighted by Crippen LogP contribution is -2.22. The third-order valence-electron chi connectivity index (χ3n) is 4.09. The summed E-state index contributed by atoms with van der Waals surface area (Å²) in [6, 6.07) is 13.2. The van der Waals surface area contributed by atoms with Gasteiger partial charge in [-0.05, 0) is 62.2 Å². The fourth-order valence-electron chi connectivity index (χ4n) is 2.49. The Bertz CT molecular complexity index is 842. The van der Waals surface area contributed by atoms with Crippen LogP contribution in [-0.2, 0) is 9.59 Å². The van der Waals surface area contributed by atoms with Crippen LogP contribution in [0.4, 0.5) is 5.69 Å². The molecule has 0 aliphatic rings. The van der Waals surface area contributed by atoms with Crippen molar-refractivity contribution in [2.45, 2.75) is 33.6 Å². The summed E-state index contributed by atoms with van der Waals surface area (Å²) in [7, 11) is 1.60. The fourth-order valence-corrected chi connectivity index (χ4v) is 2.49. The van der Waals surface area contributed by atoms with Crippen LogP contribution in [0.2, 0.25) is 0 Å². The number of ether oxygens (including phenoxy) is 1. The lowest BCUT2D eigenvalue weighted by Gasteiger charge is -2.09. The highest BCUT2D eigenvalue weighted by Gasteiger charge is 2.08. The largest absolute Gasteiger partial charge is 0.497 e. The molecule has 0 aromatic heterocycles.